The monoisotopic (exact) mass is 189 g/mol. The van der Waals surface area contributed by atoms with Gasteiger partial charge in [-0.15, -0.1) is 0 Å². The number of nitrogens with two attached hydrogens (primary N) is 1. The van der Waals surface area contributed by atoms with Gasteiger partial charge in [0, 0.05) is 0 Å². The van der Waals surface area contributed by atoms with Crippen molar-refractivity contribution in [3.63, 3.8) is 0 Å². The molecule has 0 fully saturated rings. The van der Waals surface area contributed by atoms with E-state index in [1.54, 1.807) is 6.92 Å². The Morgan fingerprint density at radius 3 is 2.23 bits per heavy atom. The van der Waals surface area contributed by atoms with Crippen molar-refractivity contribution in [1.82, 2.24) is 0 Å². The number of primary amides is 1. The molecule has 8 nitrogen and oxygen atoms in total. The maximum Gasteiger partial charge on any atom is 0.461 e. The smallest absolute Gasteiger partial charge is 0.447 e. The van der Waals surface area contributed by atoms with Crippen molar-refractivity contribution >= 4 is 18.3 Å². The van der Waals surface area contributed by atoms with Crippen LogP contribution in [0.1, 0.15) is 6.92 Å². The quantitative estimate of drug-likeness (QED) is 0.483. The lowest BCUT2D eigenvalue weighted by molar-refractivity contribution is 0.154. The zero-order valence-corrected chi connectivity index (χ0v) is 6.72. The summed E-state index contributed by atoms with van der Waals surface area (Å²) in [7, 11) is 0. The van der Waals surface area contributed by atoms with Gasteiger partial charge in [-0.25, -0.2) is 14.4 Å². The van der Waals surface area contributed by atoms with Crippen LogP contribution in [-0.2, 0) is 9.47 Å². The third kappa shape index (κ3) is 6.41. The van der Waals surface area contributed by atoms with E-state index in [4.69, 9.17) is 0 Å². The van der Waals surface area contributed by atoms with Gasteiger partial charge in [0.1, 0.15) is 0 Å². The third-order valence-corrected chi connectivity index (χ3v) is 0.669. The average molecular weight is 189 g/mol. The van der Waals surface area contributed by atoms with E-state index in [1.807, 2.05) is 0 Å². The van der Waals surface area contributed by atoms with Crippen molar-refractivity contribution in [2.75, 3.05) is 6.61 Å². The minimum absolute atomic E-state index is 0.0999. The number of rotatable bonds is 1. The molecule has 0 radical (unpaired) electrons. The lowest BCUT2D eigenvalue weighted by atomic mass is 10.9. The second kappa shape index (κ2) is 5.63. The van der Waals surface area contributed by atoms with Gasteiger partial charge in [-0.1, -0.05) is 10.2 Å². The van der Waals surface area contributed by atoms with Crippen LogP contribution >= 0.6 is 0 Å². The molecule has 0 rings (SSSR count). The fourth-order valence-corrected chi connectivity index (χ4v) is 0.340. The summed E-state index contributed by atoms with van der Waals surface area (Å²) in [6.45, 7) is 1.65. The molecule has 0 unspecified atom stereocenters. The Kier molecular flexibility index (Phi) is 4.77. The summed E-state index contributed by atoms with van der Waals surface area (Å²) in [5.41, 5.74) is 4.46. The van der Waals surface area contributed by atoms with E-state index in [-0.39, 0.29) is 6.61 Å². The first kappa shape index (κ1) is 11.0. The Balaban J connectivity index is 3.90. The lowest BCUT2D eigenvalue weighted by Gasteiger charge is -1.92. The summed E-state index contributed by atoms with van der Waals surface area (Å²) in [5.74, 6) is 0. The van der Waals surface area contributed by atoms with Crippen LogP contribution in [0.5, 0.6) is 0 Å². The van der Waals surface area contributed by atoms with Crippen molar-refractivity contribution in [2.24, 2.45) is 16.0 Å². The highest BCUT2D eigenvalue weighted by molar-refractivity contribution is 5.83. The summed E-state index contributed by atoms with van der Waals surface area (Å²) in [6.07, 6.45) is -3.75. The van der Waals surface area contributed by atoms with Gasteiger partial charge in [-0.05, 0) is 6.92 Å². The van der Waals surface area contributed by atoms with E-state index in [9.17, 15) is 14.4 Å². The maximum atomic E-state index is 10.4. The molecular weight excluding hydrogens is 182 g/mol. The van der Waals surface area contributed by atoms with Crippen molar-refractivity contribution in [3.8, 4) is 0 Å². The highest BCUT2D eigenvalue weighted by Gasteiger charge is 2.05. The van der Waals surface area contributed by atoms with Gasteiger partial charge < -0.3 is 15.2 Å². The molecular formula is C5H7N3O5. The van der Waals surface area contributed by atoms with E-state index >= 15 is 0 Å². The van der Waals surface area contributed by atoms with E-state index in [0.29, 0.717) is 0 Å². The second-order valence-corrected chi connectivity index (χ2v) is 1.59. The molecule has 0 saturated carbocycles. The van der Waals surface area contributed by atoms with Gasteiger partial charge in [0.05, 0.1) is 6.61 Å². The SMILES string of the molecule is CCOC(=O)N=NC(=O)OC(N)=O. The van der Waals surface area contributed by atoms with Crippen LogP contribution in [-0.4, -0.2) is 24.9 Å². The molecule has 0 aliphatic heterocycles. The summed E-state index contributed by atoms with van der Waals surface area (Å²) >= 11 is 0. The molecule has 0 bridgehead atoms. The van der Waals surface area contributed by atoms with Crippen LogP contribution < -0.4 is 5.73 Å². The molecule has 72 valence electrons. The molecule has 0 atom stereocenters. The molecule has 13 heavy (non-hydrogen) atoms. The number of azo groups is 1. The first-order valence-corrected chi connectivity index (χ1v) is 3.16. The average Bonchev–Trinajstić information content (AvgIpc) is 2.00. The Labute approximate surface area is 72.7 Å². The Hall–Kier alpha value is -1.99. The van der Waals surface area contributed by atoms with E-state index < -0.39 is 18.3 Å². The van der Waals surface area contributed by atoms with Crippen LogP contribution in [0.2, 0.25) is 0 Å². The molecule has 0 saturated heterocycles. The van der Waals surface area contributed by atoms with E-state index in [2.05, 4.69) is 25.4 Å². The summed E-state index contributed by atoms with van der Waals surface area (Å²) in [6, 6.07) is 0. The summed E-state index contributed by atoms with van der Waals surface area (Å²) in [5, 5.41) is 5.42. The number of hydrogen-bond acceptors (Lipinski definition) is 5. The van der Waals surface area contributed by atoms with Crippen molar-refractivity contribution < 1.29 is 23.9 Å². The summed E-state index contributed by atoms with van der Waals surface area (Å²) in [4.78, 5) is 30.7. The van der Waals surface area contributed by atoms with Gasteiger partial charge >= 0.3 is 18.3 Å². The molecule has 0 aliphatic carbocycles. The molecule has 0 aromatic rings. The molecule has 3 amide bonds. The number of nitrogens with zero attached hydrogens (tertiary/aromatic N) is 2. The Morgan fingerprint density at radius 1 is 1.23 bits per heavy atom. The second-order valence-electron chi connectivity index (χ2n) is 1.59. The number of carbonyl (C=O) groups is 3. The minimum Gasteiger partial charge on any atom is -0.447 e. The van der Waals surface area contributed by atoms with Crippen LogP contribution in [0.4, 0.5) is 14.4 Å². The fourth-order valence-electron chi connectivity index (χ4n) is 0.340. The number of ether oxygens (including phenoxy) is 2. The van der Waals surface area contributed by atoms with Gasteiger partial charge in [-0.3, -0.25) is 0 Å². The van der Waals surface area contributed by atoms with Crippen LogP contribution in [0.25, 0.3) is 0 Å². The molecule has 0 aliphatic rings. The Bertz CT molecular complexity index is 249. The zero-order valence-electron chi connectivity index (χ0n) is 6.72. The lowest BCUT2D eigenvalue weighted by Crippen LogP contribution is -2.15. The van der Waals surface area contributed by atoms with Gasteiger partial charge in [0.15, 0.2) is 0 Å². The van der Waals surface area contributed by atoms with Gasteiger partial charge in [-0.2, -0.15) is 0 Å². The zero-order chi connectivity index (χ0) is 10.3. The van der Waals surface area contributed by atoms with Crippen molar-refractivity contribution in [1.29, 1.82) is 0 Å². The maximum absolute atomic E-state index is 10.4. The summed E-state index contributed by atoms with van der Waals surface area (Å²) < 4.78 is 7.98. The van der Waals surface area contributed by atoms with Gasteiger partial charge in [0.2, 0.25) is 0 Å². The largest absolute Gasteiger partial charge is 0.461 e. The first-order valence-electron chi connectivity index (χ1n) is 3.16. The highest BCUT2D eigenvalue weighted by atomic mass is 16.6. The standard InChI is InChI=1S/C5H7N3O5/c1-2-12-4(10)7-8-5(11)13-3(6)9/h2H2,1H3,(H2,6,9). The topological polar surface area (TPSA) is 120 Å². The molecule has 0 aromatic heterocycles. The Morgan fingerprint density at radius 2 is 1.77 bits per heavy atom. The van der Waals surface area contributed by atoms with Crippen LogP contribution in [0.15, 0.2) is 10.2 Å². The predicted molar refractivity (Wildman–Crippen MR) is 37.9 cm³/mol. The molecule has 0 heterocycles. The number of amides is 3. The number of carbonyl (C=O) groups excluding carboxylic acids is 3. The van der Waals surface area contributed by atoms with E-state index in [1.165, 1.54) is 0 Å². The molecule has 2 N–H and O–H groups in total. The fraction of sp³-hybridized carbons (Fsp3) is 0.400. The highest BCUT2D eigenvalue weighted by Crippen LogP contribution is 1.89. The number of hydrogen-bond donors (Lipinski definition) is 1. The van der Waals surface area contributed by atoms with Crippen molar-refractivity contribution in [2.45, 2.75) is 6.92 Å². The van der Waals surface area contributed by atoms with Crippen molar-refractivity contribution in [3.05, 3.63) is 0 Å². The van der Waals surface area contributed by atoms with Gasteiger partial charge in [0.25, 0.3) is 0 Å². The normalized spacial score (nSPS) is 9.62. The first-order chi connectivity index (χ1) is 6.06. The third-order valence-electron chi connectivity index (χ3n) is 0.669. The predicted octanol–water partition coefficient (Wildman–Crippen LogP) is 0.810. The minimum atomic E-state index is -1.37. The van der Waals surface area contributed by atoms with Crippen LogP contribution in [0, 0.1) is 0 Å². The molecule has 0 spiro atoms. The molecule has 0 aromatic carbocycles. The van der Waals surface area contributed by atoms with E-state index in [0.717, 1.165) is 0 Å². The van der Waals surface area contributed by atoms with Crippen LogP contribution in [0.3, 0.4) is 0 Å². The molecule has 8 heteroatoms.